The van der Waals surface area contributed by atoms with Crippen molar-refractivity contribution in [2.24, 2.45) is 4.99 Å². The fourth-order valence-electron chi connectivity index (χ4n) is 0.844. The maximum Gasteiger partial charge on any atom is 0.0361 e. The Balaban J connectivity index is 3.04. The zero-order valence-corrected chi connectivity index (χ0v) is 6.77. The number of hydrogen-bond acceptors (Lipinski definition) is 2. The molecule has 0 aromatic carbocycles. The van der Waals surface area contributed by atoms with Crippen LogP contribution in [0.15, 0.2) is 42.8 Å². The molecule has 2 nitrogen and oxygen atoms in total. The van der Waals surface area contributed by atoms with Crippen LogP contribution >= 0.6 is 0 Å². The molecule has 1 heterocycles. The monoisotopic (exact) mass is 158 g/mol. The van der Waals surface area contributed by atoms with Crippen molar-refractivity contribution >= 4 is 12.3 Å². The lowest BCUT2D eigenvalue weighted by Crippen LogP contribution is -1.86. The number of nitrogens with zero attached hydrogens (tertiary/aromatic N) is 2. The highest BCUT2D eigenvalue weighted by atomic mass is 14.7. The molecular formula is C10H10N2. The van der Waals surface area contributed by atoms with E-state index in [0.29, 0.717) is 0 Å². The van der Waals surface area contributed by atoms with E-state index < -0.39 is 0 Å². The first-order valence-electron chi connectivity index (χ1n) is 3.59. The smallest absolute Gasteiger partial charge is 0.0361 e. The first-order valence-corrected chi connectivity index (χ1v) is 3.59. The largest absolute Gasteiger partial charge is 0.265 e. The van der Waals surface area contributed by atoms with Crippen molar-refractivity contribution in [2.45, 2.75) is 0 Å². The summed E-state index contributed by atoms with van der Waals surface area (Å²) in [5.74, 6) is 0. The van der Waals surface area contributed by atoms with Crippen molar-refractivity contribution in [2.75, 3.05) is 0 Å². The van der Waals surface area contributed by atoms with Crippen LogP contribution in [0.4, 0.5) is 0 Å². The van der Waals surface area contributed by atoms with Crippen molar-refractivity contribution in [3.63, 3.8) is 0 Å². The van der Waals surface area contributed by atoms with Crippen molar-refractivity contribution < 1.29 is 0 Å². The molecule has 2 heteroatoms. The summed E-state index contributed by atoms with van der Waals surface area (Å²) in [5, 5.41) is 0. The van der Waals surface area contributed by atoms with E-state index in [1.165, 1.54) is 6.20 Å². The number of aromatic nitrogens is 1. The van der Waals surface area contributed by atoms with Crippen LogP contribution in [0, 0.1) is 0 Å². The lowest BCUT2D eigenvalue weighted by atomic mass is 10.1. The minimum absolute atomic E-state index is 0.951. The molecule has 0 aliphatic rings. The van der Waals surface area contributed by atoms with Crippen molar-refractivity contribution in [3.8, 4) is 0 Å². The number of pyridine rings is 1. The number of rotatable bonds is 3. The second-order valence-corrected chi connectivity index (χ2v) is 2.17. The second-order valence-electron chi connectivity index (χ2n) is 2.17. The van der Waals surface area contributed by atoms with Gasteiger partial charge in [0.05, 0.1) is 0 Å². The summed E-state index contributed by atoms with van der Waals surface area (Å²) in [6.07, 6.45) is 8.43. The van der Waals surface area contributed by atoms with Crippen LogP contribution in [0.3, 0.4) is 0 Å². The van der Waals surface area contributed by atoms with Gasteiger partial charge < -0.3 is 0 Å². The van der Waals surface area contributed by atoms with Crippen LogP contribution in [0.25, 0.3) is 6.08 Å². The molecule has 0 atom stereocenters. The fraction of sp³-hybridized carbons (Fsp3) is 0. The number of hydrogen-bond donors (Lipinski definition) is 0. The molecule has 1 aromatic rings. The highest BCUT2D eigenvalue weighted by Crippen LogP contribution is 2.04. The van der Waals surface area contributed by atoms with Crippen LogP contribution in [0.5, 0.6) is 0 Å². The molecule has 0 unspecified atom stereocenters. The lowest BCUT2D eigenvalue weighted by molar-refractivity contribution is 1.31. The van der Waals surface area contributed by atoms with E-state index in [9.17, 15) is 0 Å². The van der Waals surface area contributed by atoms with Gasteiger partial charge in [-0.1, -0.05) is 19.2 Å². The summed E-state index contributed by atoms with van der Waals surface area (Å²) in [5.41, 5.74) is 1.98. The van der Waals surface area contributed by atoms with E-state index >= 15 is 0 Å². The molecule has 0 amide bonds. The minimum Gasteiger partial charge on any atom is -0.265 e. The first kappa shape index (κ1) is 8.40. The molecule has 0 fully saturated rings. The van der Waals surface area contributed by atoms with Gasteiger partial charge in [0.25, 0.3) is 0 Å². The van der Waals surface area contributed by atoms with E-state index in [4.69, 9.17) is 0 Å². The van der Waals surface area contributed by atoms with Gasteiger partial charge in [0, 0.05) is 30.4 Å². The van der Waals surface area contributed by atoms with Gasteiger partial charge in [0.15, 0.2) is 0 Å². The fourth-order valence-corrected chi connectivity index (χ4v) is 0.844. The van der Waals surface area contributed by atoms with Crippen LogP contribution < -0.4 is 0 Å². The Hall–Kier alpha value is -1.70. The summed E-state index contributed by atoms with van der Waals surface area (Å²) < 4.78 is 0. The quantitative estimate of drug-likeness (QED) is 0.619. The Morgan fingerprint density at radius 3 is 2.83 bits per heavy atom. The molecule has 1 rings (SSSR count). The average molecular weight is 158 g/mol. The van der Waals surface area contributed by atoms with Gasteiger partial charge >= 0.3 is 0 Å². The summed E-state index contributed by atoms with van der Waals surface area (Å²) >= 11 is 0. The Kier molecular flexibility index (Phi) is 2.96. The normalized spacial score (nSPS) is 10.0. The van der Waals surface area contributed by atoms with E-state index in [1.54, 1.807) is 24.7 Å². The Morgan fingerprint density at radius 2 is 2.17 bits per heavy atom. The van der Waals surface area contributed by atoms with Crippen molar-refractivity contribution in [1.82, 2.24) is 4.98 Å². The van der Waals surface area contributed by atoms with Gasteiger partial charge in [0.2, 0.25) is 0 Å². The molecule has 0 spiro atoms. The lowest BCUT2D eigenvalue weighted by Gasteiger charge is -1.96. The Bertz CT molecular complexity index is 313. The van der Waals surface area contributed by atoms with E-state index in [2.05, 4.69) is 23.1 Å². The highest BCUT2D eigenvalue weighted by Gasteiger charge is 1.92. The van der Waals surface area contributed by atoms with Crippen LogP contribution in [-0.2, 0) is 0 Å². The molecule has 0 aliphatic carbocycles. The molecule has 0 N–H and O–H groups in total. The summed E-state index contributed by atoms with van der Waals surface area (Å²) in [4.78, 5) is 7.87. The Labute approximate surface area is 72.0 Å². The summed E-state index contributed by atoms with van der Waals surface area (Å²) in [6.45, 7) is 7.17. The van der Waals surface area contributed by atoms with Gasteiger partial charge in [-0.05, 0) is 11.6 Å². The Morgan fingerprint density at radius 1 is 1.33 bits per heavy atom. The van der Waals surface area contributed by atoms with E-state index in [1.807, 2.05) is 6.07 Å². The molecule has 12 heavy (non-hydrogen) atoms. The first-order chi connectivity index (χ1) is 5.88. The third-order valence-electron chi connectivity index (χ3n) is 1.43. The highest BCUT2D eigenvalue weighted by molar-refractivity contribution is 5.84. The van der Waals surface area contributed by atoms with Crippen LogP contribution in [0.1, 0.15) is 11.1 Å². The molecule has 0 saturated carbocycles. The molecule has 0 saturated heterocycles. The maximum atomic E-state index is 3.97. The molecule has 1 aromatic heterocycles. The third kappa shape index (κ3) is 1.89. The SMILES string of the molecule is C=C/N=C\c1cnccc1C=C. The number of aliphatic imine (C=N–C) groups is 1. The zero-order chi connectivity index (χ0) is 8.81. The van der Waals surface area contributed by atoms with Gasteiger partial charge in [-0.15, -0.1) is 0 Å². The van der Waals surface area contributed by atoms with Gasteiger partial charge in [-0.3, -0.25) is 9.98 Å². The molecule has 0 aliphatic heterocycles. The van der Waals surface area contributed by atoms with Gasteiger partial charge in [-0.25, -0.2) is 0 Å². The maximum absolute atomic E-state index is 3.97. The van der Waals surface area contributed by atoms with Crippen LogP contribution in [0.2, 0.25) is 0 Å². The molecule has 0 bridgehead atoms. The molecule has 0 radical (unpaired) electrons. The second kappa shape index (κ2) is 4.23. The molecule has 60 valence electrons. The van der Waals surface area contributed by atoms with Crippen molar-refractivity contribution in [3.05, 3.63) is 48.9 Å². The summed E-state index contributed by atoms with van der Waals surface area (Å²) in [7, 11) is 0. The third-order valence-corrected chi connectivity index (χ3v) is 1.43. The standard InChI is InChI=1S/C10H10N2/c1-3-9-5-6-12-8-10(9)7-11-4-2/h3-8H,1-2H2/b11-7-. The van der Waals surface area contributed by atoms with Gasteiger partial charge in [-0.2, -0.15) is 0 Å². The predicted molar refractivity (Wildman–Crippen MR) is 52.1 cm³/mol. The topological polar surface area (TPSA) is 25.2 Å². The van der Waals surface area contributed by atoms with E-state index in [-0.39, 0.29) is 0 Å². The summed E-state index contributed by atoms with van der Waals surface area (Å²) in [6, 6.07) is 1.89. The molecular weight excluding hydrogens is 148 g/mol. The van der Waals surface area contributed by atoms with Crippen LogP contribution in [-0.4, -0.2) is 11.2 Å². The minimum atomic E-state index is 0.951. The predicted octanol–water partition coefficient (Wildman–Crippen LogP) is 2.29. The average Bonchev–Trinajstić information content (AvgIpc) is 2.15. The zero-order valence-electron chi connectivity index (χ0n) is 6.77. The van der Waals surface area contributed by atoms with E-state index in [0.717, 1.165) is 11.1 Å². The van der Waals surface area contributed by atoms with Gasteiger partial charge in [0.1, 0.15) is 0 Å². The van der Waals surface area contributed by atoms with Crippen molar-refractivity contribution in [1.29, 1.82) is 0 Å².